The highest BCUT2D eigenvalue weighted by Gasteiger charge is 2.31. The first-order valence-corrected chi connectivity index (χ1v) is 9.76. The van der Waals surface area contributed by atoms with Crippen LogP contribution < -0.4 is 10.1 Å². The molecule has 3 aliphatic heterocycles. The predicted molar refractivity (Wildman–Crippen MR) is 99.6 cm³/mol. The van der Waals surface area contributed by atoms with Gasteiger partial charge < -0.3 is 19.9 Å². The Morgan fingerprint density at radius 3 is 2.48 bits per heavy atom. The summed E-state index contributed by atoms with van der Waals surface area (Å²) >= 11 is 0. The van der Waals surface area contributed by atoms with Gasteiger partial charge in [-0.15, -0.1) is 0 Å². The number of rotatable bonds is 2. The summed E-state index contributed by atoms with van der Waals surface area (Å²) in [6.07, 6.45) is 4.84. The van der Waals surface area contributed by atoms with E-state index in [1.165, 1.54) is 6.42 Å². The minimum Gasteiger partial charge on any atom is -0.482 e. The standard InChI is InChI=1S/C20H25N3O4/c24-18-13-27-17-5-4-15(12-16(17)21-18)20(26)23-10-6-14(7-11-23)19(25)22-8-2-1-3-9-22/h4-5,12,14H,1-3,6-11,13H2,(H,21,24). The van der Waals surface area contributed by atoms with Gasteiger partial charge in [0.05, 0.1) is 5.69 Å². The SMILES string of the molecule is O=C1COc2ccc(C(=O)N3CCC(C(=O)N4CCCCC4)CC3)cc2N1. The van der Waals surface area contributed by atoms with Crippen molar-refractivity contribution in [3.8, 4) is 5.75 Å². The highest BCUT2D eigenvalue weighted by atomic mass is 16.5. The van der Waals surface area contributed by atoms with Gasteiger partial charge >= 0.3 is 0 Å². The first-order valence-electron chi connectivity index (χ1n) is 9.76. The van der Waals surface area contributed by atoms with Crippen LogP contribution in [0.2, 0.25) is 0 Å². The zero-order valence-corrected chi connectivity index (χ0v) is 15.4. The molecule has 1 N–H and O–H groups in total. The Balaban J connectivity index is 1.36. The zero-order chi connectivity index (χ0) is 18.8. The topological polar surface area (TPSA) is 79.0 Å². The monoisotopic (exact) mass is 371 g/mol. The molecule has 0 aromatic heterocycles. The summed E-state index contributed by atoms with van der Waals surface area (Å²) in [7, 11) is 0. The van der Waals surface area contributed by atoms with E-state index in [2.05, 4.69) is 5.32 Å². The van der Waals surface area contributed by atoms with Crippen molar-refractivity contribution in [2.45, 2.75) is 32.1 Å². The Bertz CT molecular complexity index is 750. The molecule has 27 heavy (non-hydrogen) atoms. The molecule has 0 radical (unpaired) electrons. The molecule has 2 fully saturated rings. The van der Waals surface area contributed by atoms with Crippen molar-refractivity contribution in [1.29, 1.82) is 0 Å². The Morgan fingerprint density at radius 1 is 1.00 bits per heavy atom. The third-order valence-corrected chi connectivity index (χ3v) is 5.66. The van der Waals surface area contributed by atoms with Crippen LogP contribution in [0.4, 0.5) is 5.69 Å². The van der Waals surface area contributed by atoms with Crippen LogP contribution in [-0.4, -0.2) is 60.3 Å². The number of anilines is 1. The maximum absolute atomic E-state index is 12.8. The number of hydrogen-bond donors (Lipinski definition) is 1. The normalized spacial score (nSPS) is 20.5. The molecule has 0 atom stereocenters. The first-order chi connectivity index (χ1) is 13.1. The van der Waals surface area contributed by atoms with Crippen molar-refractivity contribution in [3.63, 3.8) is 0 Å². The highest BCUT2D eigenvalue weighted by Crippen LogP contribution is 2.30. The minimum atomic E-state index is -0.218. The lowest BCUT2D eigenvalue weighted by molar-refractivity contribution is -0.137. The van der Waals surface area contributed by atoms with Crippen molar-refractivity contribution < 1.29 is 19.1 Å². The summed E-state index contributed by atoms with van der Waals surface area (Å²) in [4.78, 5) is 40.7. The molecule has 0 saturated carbocycles. The molecule has 3 amide bonds. The number of hydrogen-bond acceptors (Lipinski definition) is 4. The number of carbonyl (C=O) groups is 3. The molecule has 4 rings (SSSR count). The van der Waals surface area contributed by atoms with Crippen LogP contribution in [0.3, 0.4) is 0 Å². The molecule has 0 bridgehead atoms. The number of nitrogens with zero attached hydrogens (tertiary/aromatic N) is 2. The van der Waals surface area contributed by atoms with E-state index >= 15 is 0 Å². The number of fused-ring (bicyclic) bond motifs is 1. The van der Waals surface area contributed by atoms with Gasteiger partial charge in [0, 0.05) is 37.7 Å². The summed E-state index contributed by atoms with van der Waals surface area (Å²) in [5.41, 5.74) is 1.06. The molecule has 7 heteroatoms. The van der Waals surface area contributed by atoms with Crippen LogP contribution in [0.5, 0.6) is 5.75 Å². The fourth-order valence-electron chi connectivity index (χ4n) is 4.10. The van der Waals surface area contributed by atoms with E-state index in [0.29, 0.717) is 42.9 Å². The molecular weight excluding hydrogens is 346 g/mol. The lowest BCUT2D eigenvalue weighted by Gasteiger charge is -2.35. The van der Waals surface area contributed by atoms with Crippen molar-refractivity contribution in [1.82, 2.24) is 9.80 Å². The van der Waals surface area contributed by atoms with E-state index < -0.39 is 0 Å². The van der Waals surface area contributed by atoms with Crippen LogP contribution in [0.1, 0.15) is 42.5 Å². The lowest BCUT2D eigenvalue weighted by Crippen LogP contribution is -2.45. The van der Waals surface area contributed by atoms with Gasteiger partial charge in [-0.2, -0.15) is 0 Å². The summed E-state index contributed by atoms with van der Waals surface area (Å²) in [6.45, 7) is 2.92. The number of carbonyl (C=O) groups excluding carboxylic acids is 3. The summed E-state index contributed by atoms with van der Waals surface area (Å²) < 4.78 is 5.33. The second kappa shape index (κ2) is 7.58. The maximum atomic E-state index is 12.8. The Hall–Kier alpha value is -2.57. The Labute approximate surface area is 158 Å². The fraction of sp³-hybridized carbons (Fsp3) is 0.550. The van der Waals surface area contributed by atoms with E-state index in [-0.39, 0.29) is 30.2 Å². The first kappa shape index (κ1) is 17.8. The van der Waals surface area contributed by atoms with Gasteiger partial charge in [-0.05, 0) is 50.3 Å². The number of benzene rings is 1. The van der Waals surface area contributed by atoms with Crippen molar-refractivity contribution >= 4 is 23.4 Å². The molecule has 3 heterocycles. The molecule has 0 aliphatic carbocycles. The predicted octanol–water partition coefficient (Wildman–Crippen LogP) is 1.88. The van der Waals surface area contributed by atoms with Crippen LogP contribution >= 0.6 is 0 Å². The quantitative estimate of drug-likeness (QED) is 0.861. The highest BCUT2D eigenvalue weighted by molar-refractivity contribution is 6.00. The number of ether oxygens (including phenoxy) is 1. The van der Waals surface area contributed by atoms with Crippen molar-refractivity contribution in [2.24, 2.45) is 5.92 Å². The van der Waals surface area contributed by atoms with E-state index in [4.69, 9.17) is 4.74 Å². The maximum Gasteiger partial charge on any atom is 0.262 e. The number of piperidine rings is 2. The molecule has 0 unspecified atom stereocenters. The molecule has 7 nitrogen and oxygen atoms in total. The molecule has 1 aromatic rings. The molecular formula is C20H25N3O4. The van der Waals surface area contributed by atoms with Gasteiger partial charge in [-0.3, -0.25) is 14.4 Å². The van der Waals surface area contributed by atoms with Crippen molar-refractivity contribution in [3.05, 3.63) is 23.8 Å². The average Bonchev–Trinajstić information content (AvgIpc) is 2.73. The van der Waals surface area contributed by atoms with Crippen LogP contribution in [0.15, 0.2) is 18.2 Å². The average molecular weight is 371 g/mol. The smallest absolute Gasteiger partial charge is 0.262 e. The Morgan fingerprint density at radius 2 is 1.74 bits per heavy atom. The summed E-state index contributed by atoms with van der Waals surface area (Å²) in [5, 5.41) is 2.73. The van der Waals surface area contributed by atoms with Crippen LogP contribution in [0.25, 0.3) is 0 Å². The molecule has 144 valence electrons. The van der Waals surface area contributed by atoms with Gasteiger partial charge in [0.15, 0.2) is 6.61 Å². The molecule has 2 saturated heterocycles. The zero-order valence-electron chi connectivity index (χ0n) is 15.4. The summed E-state index contributed by atoms with van der Waals surface area (Å²) in [6, 6.07) is 5.11. The third kappa shape index (κ3) is 3.77. The van der Waals surface area contributed by atoms with Gasteiger partial charge in [-0.1, -0.05) is 0 Å². The van der Waals surface area contributed by atoms with Gasteiger partial charge in [0.25, 0.3) is 11.8 Å². The largest absolute Gasteiger partial charge is 0.482 e. The number of likely N-dealkylation sites (tertiary alicyclic amines) is 2. The second-order valence-corrected chi connectivity index (χ2v) is 7.50. The number of amides is 3. The number of nitrogens with one attached hydrogen (secondary N) is 1. The van der Waals surface area contributed by atoms with E-state index in [1.54, 1.807) is 23.1 Å². The van der Waals surface area contributed by atoms with Gasteiger partial charge in [0.2, 0.25) is 5.91 Å². The second-order valence-electron chi connectivity index (χ2n) is 7.50. The van der Waals surface area contributed by atoms with Crippen LogP contribution in [-0.2, 0) is 9.59 Å². The van der Waals surface area contributed by atoms with Crippen molar-refractivity contribution in [2.75, 3.05) is 38.1 Å². The molecule has 0 spiro atoms. The third-order valence-electron chi connectivity index (χ3n) is 5.66. The van der Waals surface area contributed by atoms with Gasteiger partial charge in [0.1, 0.15) is 5.75 Å². The lowest BCUT2D eigenvalue weighted by atomic mass is 9.94. The van der Waals surface area contributed by atoms with Gasteiger partial charge in [-0.25, -0.2) is 0 Å². The minimum absolute atomic E-state index is 0.00114. The van der Waals surface area contributed by atoms with E-state index in [9.17, 15) is 14.4 Å². The Kier molecular flexibility index (Phi) is 5.01. The van der Waals surface area contributed by atoms with E-state index in [1.807, 2.05) is 4.90 Å². The fourth-order valence-corrected chi connectivity index (χ4v) is 4.10. The van der Waals surface area contributed by atoms with Crippen LogP contribution in [0, 0.1) is 5.92 Å². The molecule has 1 aromatic carbocycles. The summed E-state index contributed by atoms with van der Waals surface area (Å²) in [5.74, 6) is 0.585. The molecule has 3 aliphatic rings. The van der Waals surface area contributed by atoms with E-state index in [0.717, 1.165) is 25.9 Å².